The largest absolute Gasteiger partial charge is 0.529 e. The van der Waals surface area contributed by atoms with Crippen molar-refractivity contribution >= 4 is 46.2 Å². The van der Waals surface area contributed by atoms with E-state index < -0.39 is 29.4 Å². The molecule has 230 valence electrons. The predicted molar refractivity (Wildman–Crippen MR) is 159 cm³/mol. The first-order valence-electron chi connectivity index (χ1n) is 14.5. The van der Waals surface area contributed by atoms with Crippen LogP contribution < -0.4 is 14.7 Å². The number of aromatic nitrogens is 6. The number of nitrogens with zero attached hydrogens (tertiary/aromatic N) is 8. The maximum Gasteiger partial charge on any atom is 0.421 e. The number of imidazole rings is 2. The van der Waals surface area contributed by atoms with Gasteiger partial charge in [-0.3, -0.25) is 4.90 Å². The van der Waals surface area contributed by atoms with Gasteiger partial charge in [-0.2, -0.15) is 0 Å². The Labute approximate surface area is 256 Å². The number of anilines is 1. The molecule has 3 aromatic heterocycles. The molecule has 0 N–H and O–H groups in total. The molecule has 2 aliphatic rings. The molecule has 1 fully saturated rings. The third kappa shape index (κ3) is 4.60. The summed E-state index contributed by atoms with van der Waals surface area (Å²) in [5, 5.41) is 12.4. The maximum absolute atomic E-state index is 13.7. The van der Waals surface area contributed by atoms with Gasteiger partial charge in [-0.1, -0.05) is 36.4 Å². The van der Waals surface area contributed by atoms with Crippen molar-refractivity contribution in [2.75, 3.05) is 18.0 Å². The molecule has 2 amide bonds. The van der Waals surface area contributed by atoms with Crippen LogP contribution in [-0.2, 0) is 16.9 Å². The van der Waals surface area contributed by atoms with E-state index in [0.717, 1.165) is 10.5 Å². The van der Waals surface area contributed by atoms with Crippen LogP contribution in [-0.4, -0.2) is 70.9 Å². The van der Waals surface area contributed by atoms with Crippen molar-refractivity contribution in [1.82, 2.24) is 34.0 Å². The van der Waals surface area contributed by atoms with E-state index in [1.54, 1.807) is 39.0 Å². The fourth-order valence-corrected chi connectivity index (χ4v) is 6.10. The lowest BCUT2D eigenvalue weighted by Gasteiger charge is -2.43. The number of fused-ring (bicyclic) bond motifs is 5. The van der Waals surface area contributed by atoms with E-state index in [0.29, 0.717) is 53.6 Å². The molecule has 2 aliphatic heterocycles. The third-order valence-corrected chi connectivity index (χ3v) is 8.09. The smallest absolute Gasteiger partial charge is 0.421 e. The molecule has 2 aromatic carbocycles. The van der Waals surface area contributed by atoms with Crippen LogP contribution in [0.15, 0.2) is 61.2 Å². The monoisotopic (exact) mass is 609 g/mol. The van der Waals surface area contributed by atoms with Gasteiger partial charge >= 0.3 is 12.1 Å². The fourth-order valence-electron chi connectivity index (χ4n) is 6.10. The number of benzene rings is 2. The zero-order chi connectivity index (χ0) is 31.5. The molecule has 5 heterocycles. The third-order valence-electron chi connectivity index (χ3n) is 8.09. The topological polar surface area (TPSA) is 161 Å². The van der Waals surface area contributed by atoms with Gasteiger partial charge in [0.2, 0.25) is 0 Å². The molecule has 0 radical (unpaired) electrons. The predicted octanol–water partition coefficient (Wildman–Crippen LogP) is 3.66. The Balaban J connectivity index is 1.21. The Morgan fingerprint density at radius 3 is 2.44 bits per heavy atom. The van der Waals surface area contributed by atoms with Gasteiger partial charge in [0.15, 0.2) is 17.0 Å². The standard InChI is InChI=1S/C31H30N8O6/c1-30(2,3)45-29(43)37-18-34-23-24(32-17-33-25(23)37)36-14-12-31(13-15-36)26-35-22-20(38(26)27(40)39(31)28(41)42)10-7-11-21(22)44-16-19-8-5-4-6-9-19/h4-11,17-18H,12-16H2,1-3H3,(H,41,42)/p-1. The highest BCUT2D eigenvalue weighted by Crippen LogP contribution is 2.46. The van der Waals surface area contributed by atoms with Crippen molar-refractivity contribution < 1.29 is 29.0 Å². The molecule has 14 nitrogen and oxygen atoms in total. The zero-order valence-corrected chi connectivity index (χ0v) is 24.8. The number of rotatable bonds is 4. The number of piperidine rings is 1. The first-order chi connectivity index (χ1) is 21.6. The van der Waals surface area contributed by atoms with Crippen LogP contribution in [0.1, 0.15) is 45.0 Å². The average molecular weight is 610 g/mol. The highest BCUT2D eigenvalue weighted by atomic mass is 16.6. The van der Waals surface area contributed by atoms with Gasteiger partial charge < -0.3 is 24.3 Å². The number of imide groups is 1. The second-order valence-corrected chi connectivity index (χ2v) is 12.0. The van der Waals surface area contributed by atoms with Crippen LogP contribution in [0.4, 0.5) is 20.2 Å². The lowest BCUT2D eigenvalue weighted by atomic mass is 9.86. The summed E-state index contributed by atoms with van der Waals surface area (Å²) < 4.78 is 14.2. The Kier molecular flexibility index (Phi) is 6.46. The summed E-state index contributed by atoms with van der Waals surface area (Å²) in [5.41, 5.74) is 0.610. The van der Waals surface area contributed by atoms with Gasteiger partial charge in [-0.25, -0.2) is 38.7 Å². The molecule has 45 heavy (non-hydrogen) atoms. The van der Waals surface area contributed by atoms with E-state index in [2.05, 4.69) is 15.0 Å². The summed E-state index contributed by atoms with van der Waals surface area (Å²) in [5.74, 6) is 1.29. The Hall–Kier alpha value is -5.53. The number of amides is 2. The summed E-state index contributed by atoms with van der Waals surface area (Å²) in [4.78, 5) is 59.5. The number of para-hydroxylation sites is 1. The molecule has 0 bridgehead atoms. The second kappa shape index (κ2) is 10.3. The number of hydrogen-bond acceptors (Lipinski definition) is 11. The van der Waals surface area contributed by atoms with Crippen molar-refractivity contribution in [3.8, 4) is 5.75 Å². The van der Waals surface area contributed by atoms with Crippen molar-refractivity contribution in [2.45, 2.75) is 51.4 Å². The highest BCUT2D eigenvalue weighted by molar-refractivity contribution is 6.01. The summed E-state index contributed by atoms with van der Waals surface area (Å²) in [6, 6.07) is 14.2. The van der Waals surface area contributed by atoms with Crippen LogP contribution in [0.5, 0.6) is 5.75 Å². The molecule has 0 aliphatic carbocycles. The summed E-state index contributed by atoms with van der Waals surface area (Å²) >= 11 is 0. The van der Waals surface area contributed by atoms with E-state index >= 15 is 0 Å². The van der Waals surface area contributed by atoms with Gasteiger partial charge in [0.05, 0.1) is 5.52 Å². The lowest BCUT2D eigenvalue weighted by molar-refractivity contribution is -0.266. The Morgan fingerprint density at radius 2 is 1.73 bits per heavy atom. The highest BCUT2D eigenvalue weighted by Gasteiger charge is 2.55. The minimum absolute atomic E-state index is 0.217. The molecule has 0 atom stereocenters. The Bertz CT molecular complexity index is 1970. The van der Waals surface area contributed by atoms with E-state index in [9.17, 15) is 19.5 Å². The number of ether oxygens (including phenoxy) is 2. The molecule has 0 saturated carbocycles. The van der Waals surface area contributed by atoms with Crippen molar-refractivity contribution in [2.24, 2.45) is 0 Å². The zero-order valence-electron chi connectivity index (χ0n) is 24.8. The van der Waals surface area contributed by atoms with Crippen LogP contribution >= 0.6 is 0 Å². The number of hydrogen-bond donors (Lipinski definition) is 0. The molecule has 1 saturated heterocycles. The van der Waals surface area contributed by atoms with Gasteiger partial charge in [0, 0.05) is 13.1 Å². The van der Waals surface area contributed by atoms with E-state index in [-0.39, 0.29) is 18.5 Å². The molecular weight excluding hydrogens is 580 g/mol. The SMILES string of the molecule is CC(C)(C)OC(=O)n1cnc2c(N3CCC4(CC3)c3nc5c(OCc6ccccc6)cccc5n3C(=O)N4C(=O)[O-])ncnc21. The first-order valence-corrected chi connectivity index (χ1v) is 14.5. The molecule has 1 spiro atoms. The second-order valence-electron chi connectivity index (χ2n) is 12.0. The lowest BCUT2D eigenvalue weighted by Crippen LogP contribution is -2.57. The molecule has 0 unspecified atom stereocenters. The van der Waals surface area contributed by atoms with Crippen LogP contribution in [0.3, 0.4) is 0 Å². The number of carbonyl (C=O) groups is 3. The summed E-state index contributed by atoms with van der Waals surface area (Å²) in [6.45, 7) is 6.23. The first kappa shape index (κ1) is 28.3. The van der Waals surface area contributed by atoms with E-state index in [1.165, 1.54) is 21.8 Å². The van der Waals surface area contributed by atoms with Gasteiger partial charge in [0.1, 0.15) is 53.6 Å². The van der Waals surface area contributed by atoms with Crippen LogP contribution in [0, 0.1) is 0 Å². The van der Waals surface area contributed by atoms with Crippen LogP contribution in [0.2, 0.25) is 0 Å². The fraction of sp³-hybridized carbons (Fsp3) is 0.323. The minimum Gasteiger partial charge on any atom is -0.529 e. The minimum atomic E-state index is -1.59. The normalized spacial score (nSPS) is 16.0. The Morgan fingerprint density at radius 1 is 0.978 bits per heavy atom. The van der Waals surface area contributed by atoms with E-state index in [1.807, 2.05) is 35.2 Å². The number of carbonyl (C=O) groups excluding carboxylic acids is 3. The van der Waals surface area contributed by atoms with Gasteiger partial charge in [-0.05, 0) is 51.3 Å². The molecular formula is C31H29N8O6-. The van der Waals surface area contributed by atoms with E-state index in [4.69, 9.17) is 14.5 Å². The number of carboxylic acid groups (broad SMARTS) is 1. The molecule has 7 rings (SSSR count). The van der Waals surface area contributed by atoms with Gasteiger partial charge in [0.25, 0.3) is 0 Å². The average Bonchev–Trinajstić information content (AvgIpc) is 3.68. The van der Waals surface area contributed by atoms with Crippen molar-refractivity contribution in [3.63, 3.8) is 0 Å². The van der Waals surface area contributed by atoms with Gasteiger partial charge in [-0.15, -0.1) is 0 Å². The van der Waals surface area contributed by atoms with Crippen LogP contribution in [0.25, 0.3) is 22.2 Å². The molecule has 14 heteroatoms. The molecule has 5 aromatic rings. The maximum atomic E-state index is 13.7. The van der Waals surface area contributed by atoms with Crippen molar-refractivity contribution in [1.29, 1.82) is 0 Å². The van der Waals surface area contributed by atoms with Crippen molar-refractivity contribution in [3.05, 3.63) is 72.6 Å². The summed E-state index contributed by atoms with van der Waals surface area (Å²) in [7, 11) is 0. The quantitative estimate of drug-likeness (QED) is 0.292. The summed E-state index contributed by atoms with van der Waals surface area (Å²) in [6.07, 6.45) is 0.906.